The first-order valence-electron chi connectivity index (χ1n) is 5.00. The zero-order chi connectivity index (χ0) is 10.7. The lowest BCUT2D eigenvalue weighted by molar-refractivity contribution is 0.0341. The Morgan fingerprint density at radius 2 is 2.00 bits per heavy atom. The quantitative estimate of drug-likeness (QED) is 0.816. The smallest absolute Gasteiger partial charge is 0.123 e. The van der Waals surface area contributed by atoms with Crippen molar-refractivity contribution >= 4 is 24.0 Å². The maximum absolute atomic E-state index is 13.0. The van der Waals surface area contributed by atoms with E-state index in [1.54, 1.807) is 6.07 Å². The number of ether oxygens (including phenoxy) is 1. The van der Waals surface area contributed by atoms with Gasteiger partial charge in [-0.3, -0.25) is 4.90 Å². The highest BCUT2D eigenvalue weighted by Crippen LogP contribution is 2.19. The summed E-state index contributed by atoms with van der Waals surface area (Å²) >= 11 is 5.99. The number of benzene rings is 1. The summed E-state index contributed by atoms with van der Waals surface area (Å²) in [5.74, 6) is -0.234. The van der Waals surface area contributed by atoms with Gasteiger partial charge in [0.15, 0.2) is 0 Å². The van der Waals surface area contributed by atoms with E-state index in [1.807, 2.05) is 0 Å². The van der Waals surface area contributed by atoms with Gasteiger partial charge in [-0.2, -0.15) is 0 Å². The standard InChI is InChI=1S/C11H13ClFNO.ClH/c12-11-2-1-10(13)7-9(11)8-14-3-5-15-6-4-14;/h1-2,7H,3-6,8H2;1H. The first-order valence-corrected chi connectivity index (χ1v) is 5.37. The van der Waals surface area contributed by atoms with Gasteiger partial charge in [0, 0.05) is 24.7 Å². The fourth-order valence-electron chi connectivity index (χ4n) is 1.66. The molecule has 1 fully saturated rings. The average molecular weight is 266 g/mol. The monoisotopic (exact) mass is 265 g/mol. The Hall–Kier alpha value is -0.350. The molecule has 0 N–H and O–H groups in total. The minimum absolute atomic E-state index is 0. The number of halogens is 3. The molecule has 0 aromatic heterocycles. The van der Waals surface area contributed by atoms with Crippen LogP contribution in [0.4, 0.5) is 4.39 Å². The second kappa shape index (κ2) is 6.40. The molecule has 0 spiro atoms. The van der Waals surface area contributed by atoms with Crippen molar-refractivity contribution in [2.45, 2.75) is 6.54 Å². The summed E-state index contributed by atoms with van der Waals surface area (Å²) in [6.45, 7) is 3.94. The van der Waals surface area contributed by atoms with E-state index in [-0.39, 0.29) is 18.2 Å². The fraction of sp³-hybridized carbons (Fsp3) is 0.455. The van der Waals surface area contributed by atoms with Crippen molar-refractivity contribution in [3.8, 4) is 0 Å². The van der Waals surface area contributed by atoms with Crippen molar-refractivity contribution in [3.63, 3.8) is 0 Å². The molecular formula is C11H14Cl2FNO. The Bertz CT molecular complexity index is 343. The zero-order valence-electron chi connectivity index (χ0n) is 8.79. The van der Waals surface area contributed by atoms with Crippen molar-refractivity contribution in [1.82, 2.24) is 4.90 Å². The third kappa shape index (κ3) is 3.59. The molecule has 0 saturated carbocycles. The lowest BCUT2D eigenvalue weighted by atomic mass is 10.2. The average Bonchev–Trinajstić information content (AvgIpc) is 2.25. The lowest BCUT2D eigenvalue weighted by Crippen LogP contribution is -2.35. The van der Waals surface area contributed by atoms with Crippen LogP contribution in [0.2, 0.25) is 5.02 Å². The van der Waals surface area contributed by atoms with Crippen LogP contribution in [-0.2, 0) is 11.3 Å². The van der Waals surface area contributed by atoms with Gasteiger partial charge in [0.1, 0.15) is 5.82 Å². The minimum atomic E-state index is -0.234. The molecule has 0 atom stereocenters. The van der Waals surface area contributed by atoms with Crippen molar-refractivity contribution in [2.75, 3.05) is 26.3 Å². The van der Waals surface area contributed by atoms with Crippen molar-refractivity contribution in [1.29, 1.82) is 0 Å². The van der Waals surface area contributed by atoms with Gasteiger partial charge in [-0.25, -0.2) is 4.39 Å². The van der Waals surface area contributed by atoms with Crippen molar-refractivity contribution in [3.05, 3.63) is 34.6 Å². The number of hydrogen-bond donors (Lipinski definition) is 0. The van der Waals surface area contributed by atoms with Crippen LogP contribution in [0.25, 0.3) is 0 Å². The molecule has 0 aliphatic carbocycles. The van der Waals surface area contributed by atoms with E-state index in [0.717, 1.165) is 31.9 Å². The molecule has 0 radical (unpaired) electrons. The van der Waals surface area contributed by atoms with Gasteiger partial charge in [-0.05, 0) is 23.8 Å². The molecule has 2 nitrogen and oxygen atoms in total. The molecule has 1 saturated heterocycles. The van der Waals surface area contributed by atoms with Gasteiger partial charge < -0.3 is 4.74 Å². The maximum Gasteiger partial charge on any atom is 0.123 e. The maximum atomic E-state index is 13.0. The summed E-state index contributed by atoms with van der Waals surface area (Å²) in [7, 11) is 0. The molecule has 0 unspecified atom stereocenters. The van der Waals surface area contributed by atoms with Crippen LogP contribution in [-0.4, -0.2) is 31.2 Å². The highest BCUT2D eigenvalue weighted by molar-refractivity contribution is 6.31. The summed E-state index contributed by atoms with van der Waals surface area (Å²) in [6, 6.07) is 4.48. The van der Waals surface area contributed by atoms with E-state index in [4.69, 9.17) is 16.3 Å². The summed E-state index contributed by atoms with van der Waals surface area (Å²) < 4.78 is 18.2. The van der Waals surface area contributed by atoms with Crippen LogP contribution < -0.4 is 0 Å². The van der Waals surface area contributed by atoms with Crippen molar-refractivity contribution in [2.24, 2.45) is 0 Å². The highest BCUT2D eigenvalue weighted by atomic mass is 35.5. The first kappa shape index (κ1) is 13.7. The van der Waals surface area contributed by atoms with Gasteiger partial charge in [0.25, 0.3) is 0 Å². The Morgan fingerprint density at radius 3 is 2.69 bits per heavy atom. The predicted octanol–water partition coefficient (Wildman–Crippen LogP) is 2.73. The van der Waals surface area contributed by atoms with E-state index >= 15 is 0 Å². The van der Waals surface area contributed by atoms with E-state index in [0.29, 0.717) is 11.6 Å². The van der Waals surface area contributed by atoms with Gasteiger partial charge in [-0.15, -0.1) is 12.4 Å². The van der Waals surface area contributed by atoms with Crippen LogP contribution in [0.1, 0.15) is 5.56 Å². The third-order valence-electron chi connectivity index (χ3n) is 2.51. The van der Waals surface area contributed by atoms with Crippen LogP contribution in [0.5, 0.6) is 0 Å². The topological polar surface area (TPSA) is 12.5 Å². The Morgan fingerprint density at radius 1 is 1.31 bits per heavy atom. The van der Waals surface area contributed by atoms with Gasteiger partial charge in [-0.1, -0.05) is 11.6 Å². The van der Waals surface area contributed by atoms with Crippen LogP contribution in [0, 0.1) is 5.82 Å². The minimum Gasteiger partial charge on any atom is -0.379 e. The van der Waals surface area contributed by atoms with E-state index in [1.165, 1.54) is 12.1 Å². The molecule has 90 valence electrons. The molecular weight excluding hydrogens is 252 g/mol. The molecule has 5 heteroatoms. The largest absolute Gasteiger partial charge is 0.379 e. The summed E-state index contributed by atoms with van der Waals surface area (Å²) in [5, 5.41) is 0.628. The molecule has 1 heterocycles. The van der Waals surface area contributed by atoms with Gasteiger partial charge in [0.05, 0.1) is 13.2 Å². The molecule has 1 aromatic carbocycles. The highest BCUT2D eigenvalue weighted by Gasteiger charge is 2.12. The fourth-order valence-corrected chi connectivity index (χ4v) is 1.84. The molecule has 16 heavy (non-hydrogen) atoms. The van der Waals surface area contributed by atoms with Crippen LogP contribution in [0.15, 0.2) is 18.2 Å². The third-order valence-corrected chi connectivity index (χ3v) is 2.87. The Labute approximate surface area is 106 Å². The van der Waals surface area contributed by atoms with Gasteiger partial charge in [0.2, 0.25) is 0 Å². The summed E-state index contributed by atoms with van der Waals surface area (Å²) in [4.78, 5) is 2.21. The molecule has 0 bridgehead atoms. The van der Waals surface area contributed by atoms with E-state index < -0.39 is 0 Å². The summed E-state index contributed by atoms with van der Waals surface area (Å²) in [6.07, 6.45) is 0. The SMILES string of the molecule is Cl.Fc1ccc(Cl)c(CN2CCOCC2)c1. The lowest BCUT2D eigenvalue weighted by Gasteiger charge is -2.26. The Balaban J connectivity index is 0.00000128. The normalized spacial score (nSPS) is 16.9. The zero-order valence-corrected chi connectivity index (χ0v) is 10.4. The summed E-state index contributed by atoms with van der Waals surface area (Å²) in [5.41, 5.74) is 0.846. The molecule has 1 aromatic rings. The Kier molecular flexibility index (Phi) is 5.49. The molecule has 1 aliphatic rings. The van der Waals surface area contributed by atoms with Gasteiger partial charge >= 0.3 is 0 Å². The molecule has 0 amide bonds. The molecule has 2 rings (SSSR count). The van der Waals surface area contributed by atoms with E-state index in [2.05, 4.69) is 4.90 Å². The number of nitrogens with zero attached hydrogens (tertiary/aromatic N) is 1. The van der Waals surface area contributed by atoms with E-state index in [9.17, 15) is 4.39 Å². The number of rotatable bonds is 2. The second-order valence-electron chi connectivity index (χ2n) is 3.62. The first-order chi connectivity index (χ1) is 7.25. The second-order valence-corrected chi connectivity index (χ2v) is 4.03. The number of morpholine rings is 1. The molecule has 1 aliphatic heterocycles. The van der Waals surface area contributed by atoms with Crippen LogP contribution >= 0.6 is 24.0 Å². The number of hydrogen-bond acceptors (Lipinski definition) is 2. The predicted molar refractivity (Wildman–Crippen MR) is 64.8 cm³/mol. The van der Waals surface area contributed by atoms with Crippen LogP contribution in [0.3, 0.4) is 0 Å². The van der Waals surface area contributed by atoms with Crippen molar-refractivity contribution < 1.29 is 9.13 Å².